The van der Waals surface area contributed by atoms with Gasteiger partial charge in [0, 0.05) is 49.8 Å². The number of nitriles is 1. The van der Waals surface area contributed by atoms with Crippen molar-refractivity contribution in [1.82, 2.24) is 13.7 Å². The summed E-state index contributed by atoms with van der Waals surface area (Å²) in [4.78, 5) is 0. The first-order valence-corrected chi connectivity index (χ1v) is 21.1. The number of nitrogens with zero attached hydrogens (tertiary/aromatic N) is 4. The Bertz CT molecular complexity index is 3570. The van der Waals surface area contributed by atoms with Gasteiger partial charge in [0.05, 0.1) is 50.0 Å². The largest absolute Gasteiger partial charge is 0.309 e. The van der Waals surface area contributed by atoms with Crippen LogP contribution in [0.3, 0.4) is 0 Å². The van der Waals surface area contributed by atoms with E-state index in [0.29, 0.717) is 11.1 Å². The van der Waals surface area contributed by atoms with E-state index in [2.05, 4.69) is 213 Å². The lowest BCUT2D eigenvalue weighted by atomic mass is 9.85. The monoisotopic (exact) mass is 787 g/mol. The van der Waals surface area contributed by atoms with Crippen LogP contribution in [0.15, 0.2) is 152 Å². The Balaban J connectivity index is 1.20. The average Bonchev–Trinajstić information content (AvgIpc) is 3.90. The molecule has 1 N–H and O–H groups in total. The lowest BCUT2D eigenvalue weighted by Crippen LogP contribution is -2.10. The SMILES string of the molecule is CC(C)(C)c1ccc2c(c1)c1cc(C(C)(C)C)ccc1n2-c1ccc(-n2c3ccc(-n4c5ccccc5c5ccccc54)cc3c3c4ccccc4ccc32)c(C=N)c1C#N. The number of fused-ring (bicyclic) bond motifs is 11. The van der Waals surface area contributed by atoms with Crippen LogP contribution in [0, 0.1) is 16.7 Å². The molecular weight excluding hydrogens is 743 g/mol. The molecule has 0 saturated carbocycles. The Kier molecular flexibility index (Phi) is 7.83. The van der Waals surface area contributed by atoms with Crippen LogP contribution in [0.5, 0.6) is 0 Å². The molecular formula is C56H45N5. The standard InChI is InChI=1S/C56H45N5/c1-55(2,3)35-20-24-48-41(29-35)42-30-36(56(4,5)6)21-25-49(42)60(48)51-27-28-52(45(33-58)44(51)32-57)61-50-26-22-37(31-43(50)54-38-14-8-7-13-34(38)19-23-53(54)61)59-46-17-11-9-15-39(46)40-16-10-12-18-47(40)59/h7-31,33,58H,1-6H3. The zero-order valence-corrected chi connectivity index (χ0v) is 35.3. The second-order valence-electron chi connectivity index (χ2n) is 18.5. The molecule has 0 saturated heterocycles. The van der Waals surface area contributed by atoms with Gasteiger partial charge in [-0.15, -0.1) is 0 Å². The van der Waals surface area contributed by atoms with Crippen molar-refractivity contribution in [3.8, 4) is 23.1 Å². The number of aromatic nitrogens is 3. The number of rotatable bonds is 4. The molecule has 294 valence electrons. The zero-order chi connectivity index (χ0) is 41.9. The van der Waals surface area contributed by atoms with Crippen LogP contribution >= 0.6 is 0 Å². The van der Waals surface area contributed by atoms with E-state index in [4.69, 9.17) is 5.41 Å². The highest BCUT2D eigenvalue weighted by Crippen LogP contribution is 2.43. The molecule has 0 atom stereocenters. The molecule has 0 radical (unpaired) electrons. The molecule has 0 unspecified atom stereocenters. The Labute approximate surface area is 354 Å². The van der Waals surface area contributed by atoms with E-state index < -0.39 is 0 Å². The molecule has 3 heterocycles. The molecule has 5 nitrogen and oxygen atoms in total. The van der Waals surface area contributed by atoms with Crippen LogP contribution in [0.4, 0.5) is 0 Å². The average molecular weight is 788 g/mol. The number of para-hydroxylation sites is 2. The summed E-state index contributed by atoms with van der Waals surface area (Å²) in [7, 11) is 0. The van der Waals surface area contributed by atoms with Crippen LogP contribution in [-0.2, 0) is 10.8 Å². The smallest absolute Gasteiger partial charge is 0.102 e. The topological polar surface area (TPSA) is 62.4 Å². The molecule has 3 aromatic heterocycles. The van der Waals surface area contributed by atoms with Crippen LogP contribution < -0.4 is 0 Å². The van der Waals surface area contributed by atoms with E-state index in [0.717, 1.165) is 82.5 Å². The van der Waals surface area contributed by atoms with Gasteiger partial charge in [0.1, 0.15) is 6.07 Å². The fourth-order valence-electron chi connectivity index (χ4n) is 9.84. The summed E-state index contributed by atoms with van der Waals surface area (Å²) in [6.45, 7) is 13.5. The number of hydrogen-bond donors (Lipinski definition) is 1. The maximum absolute atomic E-state index is 11.2. The Morgan fingerprint density at radius 1 is 0.459 bits per heavy atom. The second-order valence-corrected chi connectivity index (χ2v) is 18.5. The van der Waals surface area contributed by atoms with Crippen molar-refractivity contribution >= 4 is 82.4 Å². The molecule has 11 rings (SSSR count). The van der Waals surface area contributed by atoms with Gasteiger partial charge in [0.15, 0.2) is 0 Å². The third-order valence-corrected chi connectivity index (χ3v) is 12.9. The molecule has 0 fully saturated rings. The van der Waals surface area contributed by atoms with Gasteiger partial charge in [0.25, 0.3) is 0 Å². The third-order valence-electron chi connectivity index (χ3n) is 12.9. The van der Waals surface area contributed by atoms with Gasteiger partial charge in [-0.25, -0.2) is 0 Å². The van der Waals surface area contributed by atoms with Crippen LogP contribution in [-0.4, -0.2) is 19.9 Å². The van der Waals surface area contributed by atoms with E-state index in [9.17, 15) is 5.26 Å². The maximum atomic E-state index is 11.2. The molecule has 0 aliphatic carbocycles. The predicted octanol–water partition coefficient (Wildman–Crippen LogP) is 14.6. The highest BCUT2D eigenvalue weighted by Gasteiger charge is 2.25. The van der Waals surface area contributed by atoms with Crippen LogP contribution in [0.1, 0.15) is 63.8 Å². The normalized spacial score (nSPS) is 12.5. The summed E-state index contributed by atoms with van der Waals surface area (Å²) >= 11 is 0. The van der Waals surface area contributed by atoms with Gasteiger partial charge in [-0.3, -0.25) is 0 Å². The lowest BCUT2D eigenvalue weighted by molar-refractivity contribution is 0.590. The van der Waals surface area contributed by atoms with Crippen molar-refractivity contribution in [3.05, 3.63) is 174 Å². The lowest BCUT2D eigenvalue weighted by Gasteiger charge is -2.19. The first-order valence-electron chi connectivity index (χ1n) is 21.1. The minimum Gasteiger partial charge on any atom is -0.309 e. The van der Waals surface area contributed by atoms with Crippen molar-refractivity contribution in [2.45, 2.75) is 52.4 Å². The first kappa shape index (κ1) is 36.6. The van der Waals surface area contributed by atoms with Gasteiger partial charge in [-0.1, -0.05) is 120 Å². The molecule has 11 aromatic rings. The molecule has 0 aliphatic rings. The first-order chi connectivity index (χ1) is 29.5. The summed E-state index contributed by atoms with van der Waals surface area (Å²) < 4.78 is 6.86. The van der Waals surface area contributed by atoms with E-state index in [1.165, 1.54) is 28.1 Å². The fourth-order valence-corrected chi connectivity index (χ4v) is 9.84. The van der Waals surface area contributed by atoms with Crippen molar-refractivity contribution in [3.63, 3.8) is 0 Å². The predicted molar refractivity (Wildman–Crippen MR) is 257 cm³/mol. The summed E-state index contributed by atoms with van der Waals surface area (Å²) in [6.07, 6.45) is 1.37. The Morgan fingerprint density at radius 2 is 0.951 bits per heavy atom. The summed E-state index contributed by atoms with van der Waals surface area (Å²) in [5.41, 5.74) is 12.5. The molecule has 8 aromatic carbocycles. The van der Waals surface area contributed by atoms with Gasteiger partial charge in [0.2, 0.25) is 0 Å². The highest BCUT2D eigenvalue weighted by molar-refractivity contribution is 6.22. The number of nitrogens with one attached hydrogen (secondary N) is 1. The van der Waals surface area contributed by atoms with Gasteiger partial charge < -0.3 is 19.1 Å². The van der Waals surface area contributed by atoms with Crippen LogP contribution in [0.25, 0.3) is 93.3 Å². The Hall–Kier alpha value is -7.42. The van der Waals surface area contributed by atoms with Crippen molar-refractivity contribution in [2.75, 3.05) is 0 Å². The third kappa shape index (κ3) is 5.35. The molecule has 5 heteroatoms. The van der Waals surface area contributed by atoms with Crippen molar-refractivity contribution in [1.29, 1.82) is 10.7 Å². The molecule has 0 spiro atoms. The minimum absolute atomic E-state index is 0.0328. The summed E-state index contributed by atoms with van der Waals surface area (Å²) in [5, 5.41) is 29.5. The molecule has 61 heavy (non-hydrogen) atoms. The van der Waals surface area contributed by atoms with Crippen molar-refractivity contribution in [2.24, 2.45) is 0 Å². The van der Waals surface area contributed by atoms with Crippen molar-refractivity contribution < 1.29 is 0 Å². The van der Waals surface area contributed by atoms with Gasteiger partial charge in [-0.2, -0.15) is 5.26 Å². The minimum atomic E-state index is -0.0328. The number of benzene rings is 8. The van der Waals surface area contributed by atoms with Gasteiger partial charge in [-0.05, 0) is 106 Å². The zero-order valence-electron chi connectivity index (χ0n) is 35.3. The highest BCUT2D eigenvalue weighted by atomic mass is 15.0. The summed E-state index contributed by atoms with van der Waals surface area (Å²) in [5.74, 6) is 0. The van der Waals surface area contributed by atoms with E-state index >= 15 is 0 Å². The van der Waals surface area contributed by atoms with E-state index in [-0.39, 0.29) is 10.8 Å². The molecule has 0 aliphatic heterocycles. The van der Waals surface area contributed by atoms with Crippen LogP contribution in [0.2, 0.25) is 0 Å². The van der Waals surface area contributed by atoms with E-state index in [1.54, 1.807) is 0 Å². The molecule has 0 amide bonds. The number of hydrogen-bond acceptors (Lipinski definition) is 2. The quantitative estimate of drug-likeness (QED) is 0.177. The van der Waals surface area contributed by atoms with Gasteiger partial charge >= 0.3 is 0 Å². The second kappa shape index (κ2) is 13.0. The summed E-state index contributed by atoms with van der Waals surface area (Å²) in [6, 6.07) is 57.2. The Morgan fingerprint density at radius 3 is 1.54 bits per heavy atom. The maximum Gasteiger partial charge on any atom is 0.102 e. The fraction of sp³-hybridized carbons (Fsp3) is 0.143. The molecule has 0 bridgehead atoms. The van der Waals surface area contributed by atoms with E-state index in [1.807, 2.05) is 0 Å².